The summed E-state index contributed by atoms with van der Waals surface area (Å²) in [5.74, 6) is 0.466. The number of imide groups is 1. The molecule has 1 saturated heterocycles. The maximum Gasteiger partial charge on any atom is 0.294 e. The Hall–Kier alpha value is -3.98. The number of hydrogen-bond donors (Lipinski definition) is 1. The number of benzene rings is 2. The molecule has 2 heterocycles. The maximum atomic E-state index is 12.8. The first-order valence-electron chi connectivity index (χ1n) is 10.4. The molecule has 8 nitrogen and oxygen atoms in total. The lowest BCUT2D eigenvalue weighted by molar-refractivity contribution is -0.127. The van der Waals surface area contributed by atoms with Crippen LogP contribution < -0.4 is 14.8 Å². The average Bonchev–Trinajstić information content (AvgIpc) is 3.33. The van der Waals surface area contributed by atoms with Crippen LogP contribution in [0.15, 0.2) is 65.7 Å². The van der Waals surface area contributed by atoms with Crippen molar-refractivity contribution in [1.29, 1.82) is 0 Å². The number of aryl methyl sites for hydroxylation is 1. The van der Waals surface area contributed by atoms with Crippen molar-refractivity contribution in [2.24, 2.45) is 0 Å². The number of methoxy groups -OCH3 is 2. The number of hydrogen-bond acceptors (Lipinski definition) is 6. The summed E-state index contributed by atoms with van der Waals surface area (Å²) in [6.45, 7) is 1.59. The van der Waals surface area contributed by atoms with E-state index >= 15 is 0 Å². The molecule has 0 saturated carbocycles. The van der Waals surface area contributed by atoms with Gasteiger partial charge in [0.25, 0.3) is 11.1 Å². The number of ether oxygens (including phenoxy) is 2. The van der Waals surface area contributed by atoms with Gasteiger partial charge in [0.05, 0.1) is 19.1 Å². The fourth-order valence-electron chi connectivity index (χ4n) is 3.50. The molecule has 0 unspecified atom stereocenters. The molecule has 0 radical (unpaired) electrons. The Bertz CT molecular complexity index is 1260. The van der Waals surface area contributed by atoms with Crippen LogP contribution in [0.3, 0.4) is 0 Å². The first-order valence-corrected chi connectivity index (χ1v) is 11.2. The number of carbonyl (C=O) groups excluding carboxylic acids is 3. The van der Waals surface area contributed by atoms with E-state index in [9.17, 15) is 14.4 Å². The molecule has 1 N–H and O–H groups in total. The fourth-order valence-corrected chi connectivity index (χ4v) is 4.34. The van der Waals surface area contributed by atoms with Crippen molar-refractivity contribution >= 4 is 40.6 Å². The average molecular weight is 478 g/mol. The van der Waals surface area contributed by atoms with E-state index in [4.69, 9.17) is 9.47 Å². The second-order valence-electron chi connectivity index (χ2n) is 7.53. The summed E-state index contributed by atoms with van der Waals surface area (Å²) in [6, 6.07) is 16.3. The minimum absolute atomic E-state index is 0.272. The smallest absolute Gasteiger partial charge is 0.294 e. The van der Waals surface area contributed by atoms with Gasteiger partial charge in [-0.2, -0.15) is 0 Å². The van der Waals surface area contributed by atoms with Crippen molar-refractivity contribution in [1.82, 2.24) is 9.47 Å². The van der Waals surface area contributed by atoms with Crippen LogP contribution >= 0.6 is 11.8 Å². The van der Waals surface area contributed by atoms with E-state index in [1.165, 1.54) is 0 Å². The Kier molecular flexibility index (Phi) is 6.74. The third-order valence-electron chi connectivity index (χ3n) is 5.23. The van der Waals surface area contributed by atoms with E-state index in [-0.39, 0.29) is 11.4 Å². The Morgan fingerprint density at radius 1 is 1.00 bits per heavy atom. The quantitative estimate of drug-likeness (QED) is 0.505. The van der Waals surface area contributed by atoms with Crippen molar-refractivity contribution in [3.05, 3.63) is 77.0 Å². The molecule has 3 amide bonds. The lowest BCUT2D eigenvalue weighted by atomic mass is 10.2. The van der Waals surface area contributed by atoms with Crippen molar-refractivity contribution in [3.63, 3.8) is 0 Å². The van der Waals surface area contributed by atoms with Gasteiger partial charge in [-0.3, -0.25) is 19.3 Å². The van der Waals surface area contributed by atoms with Crippen molar-refractivity contribution in [3.8, 4) is 17.2 Å². The fraction of sp³-hybridized carbons (Fsp3) is 0.160. The second kappa shape index (κ2) is 9.88. The minimum atomic E-state index is -0.491. The molecule has 1 aliphatic heterocycles. The zero-order chi connectivity index (χ0) is 24.2. The number of thioether (sulfide) groups is 1. The van der Waals surface area contributed by atoms with E-state index < -0.39 is 17.1 Å². The van der Waals surface area contributed by atoms with Crippen LogP contribution in [0.1, 0.15) is 11.3 Å². The predicted octanol–water partition coefficient (Wildman–Crippen LogP) is 4.48. The molecule has 3 aromatic rings. The molecule has 0 bridgehead atoms. The Morgan fingerprint density at radius 2 is 1.62 bits per heavy atom. The number of nitrogens with zero attached hydrogens (tertiary/aromatic N) is 2. The van der Waals surface area contributed by atoms with Crippen LogP contribution in [0.4, 0.5) is 10.5 Å². The molecule has 0 aliphatic carbocycles. The van der Waals surface area contributed by atoms with E-state index in [1.54, 1.807) is 44.6 Å². The van der Waals surface area contributed by atoms with E-state index in [0.29, 0.717) is 11.4 Å². The van der Waals surface area contributed by atoms with Gasteiger partial charge in [0.2, 0.25) is 5.91 Å². The van der Waals surface area contributed by atoms with Gasteiger partial charge in [-0.05, 0) is 84.9 Å². The highest BCUT2D eigenvalue weighted by atomic mass is 32.2. The summed E-state index contributed by atoms with van der Waals surface area (Å²) < 4.78 is 12.3. The molecule has 4 rings (SSSR count). The molecule has 9 heteroatoms. The SMILES string of the molecule is COc1ccc(NC(=O)CN2C(=O)S/C(=C/c3cc(C)n(-c4ccc(OC)cc4)c3)C2=O)cc1. The van der Waals surface area contributed by atoms with Crippen LogP contribution in [0, 0.1) is 6.92 Å². The number of rotatable bonds is 7. The van der Waals surface area contributed by atoms with Crippen molar-refractivity contribution in [2.45, 2.75) is 6.92 Å². The van der Waals surface area contributed by atoms with Crippen LogP contribution in [-0.4, -0.2) is 47.3 Å². The van der Waals surface area contributed by atoms with Crippen LogP contribution in [0.25, 0.3) is 11.8 Å². The van der Waals surface area contributed by atoms with Crippen LogP contribution in [0.5, 0.6) is 11.5 Å². The van der Waals surface area contributed by atoms with Gasteiger partial charge in [-0.25, -0.2) is 0 Å². The molecule has 1 aliphatic rings. The minimum Gasteiger partial charge on any atom is -0.497 e. The van der Waals surface area contributed by atoms with Gasteiger partial charge in [-0.1, -0.05) is 0 Å². The maximum absolute atomic E-state index is 12.8. The van der Waals surface area contributed by atoms with Crippen molar-refractivity contribution < 1.29 is 23.9 Å². The van der Waals surface area contributed by atoms with E-state index in [0.717, 1.165) is 39.4 Å². The number of carbonyl (C=O) groups is 3. The number of amides is 3. The zero-order valence-corrected chi connectivity index (χ0v) is 19.7. The van der Waals surface area contributed by atoms with Crippen molar-refractivity contribution in [2.75, 3.05) is 26.1 Å². The molecule has 1 fully saturated rings. The van der Waals surface area contributed by atoms with Gasteiger partial charge >= 0.3 is 0 Å². The summed E-state index contributed by atoms with van der Waals surface area (Å²) in [5.41, 5.74) is 3.24. The first-order chi connectivity index (χ1) is 16.4. The molecule has 0 atom stereocenters. The summed E-state index contributed by atoms with van der Waals surface area (Å²) in [6.07, 6.45) is 3.56. The zero-order valence-electron chi connectivity index (χ0n) is 18.9. The Morgan fingerprint density at radius 3 is 2.24 bits per heavy atom. The molecule has 2 aromatic carbocycles. The highest BCUT2D eigenvalue weighted by Gasteiger charge is 2.36. The molecular formula is C25H23N3O5S. The summed E-state index contributed by atoms with van der Waals surface area (Å²) in [7, 11) is 3.17. The molecular weight excluding hydrogens is 454 g/mol. The normalized spacial score (nSPS) is 14.6. The second-order valence-corrected chi connectivity index (χ2v) is 8.52. The Balaban J connectivity index is 1.45. The summed E-state index contributed by atoms with van der Waals surface area (Å²) in [5, 5.41) is 2.20. The molecule has 1 aromatic heterocycles. The van der Waals surface area contributed by atoms with Gasteiger partial charge in [0.15, 0.2) is 0 Å². The van der Waals surface area contributed by atoms with Gasteiger partial charge < -0.3 is 19.4 Å². The lowest BCUT2D eigenvalue weighted by Gasteiger charge is -2.12. The number of nitrogens with one attached hydrogen (secondary N) is 1. The van der Waals surface area contributed by atoms with Crippen LogP contribution in [0.2, 0.25) is 0 Å². The number of aromatic nitrogens is 1. The highest BCUT2D eigenvalue weighted by Crippen LogP contribution is 2.32. The standard InChI is InChI=1S/C25H23N3O5S/c1-16-12-17(14-27(16)19-6-10-21(33-3)11-7-19)13-22-24(30)28(25(31)34-22)15-23(29)26-18-4-8-20(32-2)9-5-18/h4-14H,15H2,1-3H3,(H,26,29)/b22-13+. The predicted molar refractivity (Wildman–Crippen MR) is 131 cm³/mol. The van der Waals surface area contributed by atoms with Gasteiger partial charge in [-0.15, -0.1) is 0 Å². The largest absolute Gasteiger partial charge is 0.497 e. The Labute approximate surface area is 201 Å². The third kappa shape index (κ3) is 4.99. The lowest BCUT2D eigenvalue weighted by Crippen LogP contribution is -2.36. The monoisotopic (exact) mass is 477 g/mol. The number of anilines is 1. The van der Waals surface area contributed by atoms with Gasteiger partial charge in [0, 0.05) is 23.3 Å². The third-order valence-corrected chi connectivity index (χ3v) is 6.14. The topological polar surface area (TPSA) is 89.9 Å². The molecule has 174 valence electrons. The first kappa shape index (κ1) is 23.2. The van der Waals surface area contributed by atoms with Gasteiger partial charge in [0.1, 0.15) is 18.0 Å². The highest BCUT2D eigenvalue weighted by molar-refractivity contribution is 8.18. The summed E-state index contributed by atoms with van der Waals surface area (Å²) >= 11 is 0.822. The van der Waals surface area contributed by atoms with Crippen LogP contribution in [-0.2, 0) is 9.59 Å². The summed E-state index contributed by atoms with van der Waals surface area (Å²) in [4.78, 5) is 38.9. The molecule has 0 spiro atoms. The van der Waals surface area contributed by atoms with E-state index in [1.807, 2.05) is 48.0 Å². The van der Waals surface area contributed by atoms with E-state index in [2.05, 4.69) is 5.32 Å². The molecule has 34 heavy (non-hydrogen) atoms.